The molecule has 6 rings (SSSR count). The van der Waals surface area contributed by atoms with Crippen molar-refractivity contribution in [3.8, 4) is 0 Å². The summed E-state index contributed by atoms with van der Waals surface area (Å²) in [6.07, 6.45) is 7.70. The molecule has 1 saturated carbocycles. The van der Waals surface area contributed by atoms with Crippen LogP contribution in [0.15, 0.2) is 24.7 Å². The lowest BCUT2D eigenvalue weighted by molar-refractivity contribution is 0.330. The molecular weight excluding hydrogens is 474 g/mol. The highest BCUT2D eigenvalue weighted by Gasteiger charge is 2.44. The third kappa shape index (κ3) is 3.81. The van der Waals surface area contributed by atoms with Gasteiger partial charge in [0.1, 0.15) is 22.9 Å². The average Bonchev–Trinajstić information content (AvgIpc) is 3.31. The lowest BCUT2D eigenvalue weighted by Gasteiger charge is -2.42. The van der Waals surface area contributed by atoms with E-state index in [1.165, 1.54) is 6.26 Å². The van der Waals surface area contributed by atoms with Crippen LogP contribution in [-0.2, 0) is 23.0 Å². The lowest BCUT2D eigenvalue weighted by Crippen LogP contribution is -2.53. The second kappa shape index (κ2) is 8.07. The van der Waals surface area contributed by atoms with E-state index in [0.29, 0.717) is 11.7 Å². The van der Waals surface area contributed by atoms with Crippen LogP contribution in [0.2, 0.25) is 5.15 Å². The van der Waals surface area contributed by atoms with E-state index in [4.69, 9.17) is 16.6 Å². The minimum absolute atomic E-state index is 0.0151. The molecule has 2 fully saturated rings. The molecule has 9 nitrogen and oxygen atoms in total. The number of piperidine rings is 1. The fourth-order valence-electron chi connectivity index (χ4n) is 6.15. The highest BCUT2D eigenvalue weighted by molar-refractivity contribution is 7.88. The first-order chi connectivity index (χ1) is 16.3. The average molecular weight is 502 g/mol. The van der Waals surface area contributed by atoms with Gasteiger partial charge in [-0.2, -0.15) is 0 Å². The van der Waals surface area contributed by atoms with E-state index < -0.39 is 10.0 Å². The van der Waals surface area contributed by atoms with E-state index in [-0.39, 0.29) is 23.9 Å². The Hall–Kier alpha value is -2.43. The molecule has 0 amide bonds. The maximum absolute atomic E-state index is 11.9. The molecule has 2 N–H and O–H groups in total. The number of aromatic nitrogens is 4. The van der Waals surface area contributed by atoms with Gasteiger partial charge in [0.05, 0.1) is 17.6 Å². The first-order valence-corrected chi connectivity index (χ1v) is 14.0. The van der Waals surface area contributed by atoms with Crippen LogP contribution in [0.3, 0.4) is 0 Å². The number of aromatic amines is 1. The Balaban J connectivity index is 1.33. The standard InChI is InChI=1S/C23H28ClN7O2S/c1-13-7-18-17(11-31(13)19-8-20(24)28-22-16(19)5-6-25-22)23(27-12-26-18)30-9-14-3-4-15(10-30)21(14)29-34(2,32)33/h5-6,8,12-15,21,29H,3-4,7,9-11H2,1-2H3,(H,25,28)/t13-,14-,15+,21?/m1/s1. The molecule has 2 aliphatic heterocycles. The van der Waals surface area contributed by atoms with E-state index in [1.807, 2.05) is 18.3 Å². The molecule has 3 aromatic heterocycles. The van der Waals surface area contributed by atoms with Crippen LogP contribution in [0.25, 0.3) is 11.0 Å². The monoisotopic (exact) mass is 501 g/mol. The number of hydrogen-bond acceptors (Lipinski definition) is 7. The van der Waals surface area contributed by atoms with Crippen molar-refractivity contribution >= 4 is 44.2 Å². The van der Waals surface area contributed by atoms with Crippen molar-refractivity contribution in [2.24, 2.45) is 11.8 Å². The zero-order valence-corrected chi connectivity index (χ0v) is 20.8. The number of rotatable bonds is 4. The molecule has 0 aromatic carbocycles. The minimum Gasteiger partial charge on any atom is -0.363 e. The molecule has 0 radical (unpaired) electrons. The third-order valence-electron chi connectivity index (χ3n) is 7.63. The number of hydrogen-bond donors (Lipinski definition) is 2. The fraction of sp³-hybridized carbons (Fsp3) is 0.522. The van der Waals surface area contributed by atoms with Crippen LogP contribution in [0.5, 0.6) is 0 Å². The van der Waals surface area contributed by atoms with Crippen LogP contribution in [0, 0.1) is 11.8 Å². The first kappa shape index (κ1) is 22.1. The van der Waals surface area contributed by atoms with E-state index >= 15 is 0 Å². The van der Waals surface area contributed by atoms with Gasteiger partial charge in [-0.25, -0.2) is 28.1 Å². The maximum Gasteiger partial charge on any atom is 0.208 e. The molecule has 11 heteroatoms. The Labute approximate surface area is 204 Å². The number of sulfonamides is 1. The Bertz CT molecular complexity index is 1350. The van der Waals surface area contributed by atoms with E-state index in [2.05, 4.69) is 36.4 Å². The summed E-state index contributed by atoms with van der Waals surface area (Å²) in [7, 11) is -3.23. The quantitative estimate of drug-likeness (QED) is 0.529. The van der Waals surface area contributed by atoms with Crippen molar-refractivity contribution in [2.45, 2.75) is 44.8 Å². The number of nitrogens with one attached hydrogen (secondary N) is 2. The van der Waals surface area contributed by atoms with Crippen LogP contribution in [-0.4, -0.2) is 59.8 Å². The van der Waals surface area contributed by atoms with Gasteiger partial charge >= 0.3 is 0 Å². The van der Waals surface area contributed by atoms with Crippen molar-refractivity contribution in [1.29, 1.82) is 0 Å². The number of anilines is 2. The largest absolute Gasteiger partial charge is 0.363 e. The van der Waals surface area contributed by atoms with Gasteiger partial charge in [0.2, 0.25) is 10.0 Å². The number of nitrogens with zero attached hydrogens (tertiary/aromatic N) is 5. The number of H-pyrrole nitrogens is 1. The minimum atomic E-state index is -3.23. The highest BCUT2D eigenvalue weighted by atomic mass is 35.5. The molecule has 3 aromatic rings. The zero-order chi connectivity index (χ0) is 23.6. The molecular formula is C23H28ClN7O2S. The smallest absolute Gasteiger partial charge is 0.208 e. The van der Waals surface area contributed by atoms with Gasteiger partial charge < -0.3 is 14.8 Å². The normalized spacial score (nSPS) is 26.8. The van der Waals surface area contributed by atoms with Crippen LogP contribution in [0.1, 0.15) is 31.0 Å². The maximum atomic E-state index is 11.9. The van der Waals surface area contributed by atoms with E-state index in [9.17, 15) is 8.42 Å². The molecule has 5 heterocycles. The Kier molecular flexibility index (Phi) is 5.23. The third-order valence-corrected chi connectivity index (χ3v) is 8.52. The lowest BCUT2D eigenvalue weighted by atomic mass is 9.92. The summed E-state index contributed by atoms with van der Waals surface area (Å²) in [5.41, 5.74) is 4.07. The fourth-order valence-corrected chi connectivity index (χ4v) is 7.22. The highest BCUT2D eigenvalue weighted by Crippen LogP contribution is 2.41. The summed E-state index contributed by atoms with van der Waals surface area (Å²) in [6, 6.07) is 4.23. The van der Waals surface area contributed by atoms with Crippen LogP contribution < -0.4 is 14.5 Å². The van der Waals surface area contributed by atoms with Gasteiger partial charge in [0.15, 0.2) is 0 Å². The molecule has 1 aliphatic carbocycles. The van der Waals surface area contributed by atoms with Crippen molar-refractivity contribution < 1.29 is 8.42 Å². The van der Waals surface area contributed by atoms with Gasteiger partial charge in [-0.1, -0.05) is 11.6 Å². The molecule has 1 unspecified atom stereocenters. The summed E-state index contributed by atoms with van der Waals surface area (Å²) in [6.45, 7) is 4.49. The SMILES string of the molecule is C[C@@H]1Cc2ncnc(N3C[C@H]4CC[C@@H](C3)C4NS(C)(=O)=O)c2CN1c1cc(Cl)nc2[nH]ccc12. The summed E-state index contributed by atoms with van der Waals surface area (Å²) < 4.78 is 26.7. The molecule has 4 atom stereocenters. The second-order valence-electron chi connectivity index (χ2n) is 9.93. The molecule has 3 aliphatic rings. The Morgan fingerprint density at radius 2 is 1.97 bits per heavy atom. The van der Waals surface area contributed by atoms with Crippen molar-refractivity contribution in [3.05, 3.63) is 41.1 Å². The molecule has 2 bridgehead atoms. The van der Waals surface area contributed by atoms with E-state index in [1.54, 1.807) is 6.33 Å². The van der Waals surface area contributed by atoms with Gasteiger partial charge in [-0.05, 0) is 43.7 Å². The first-order valence-electron chi connectivity index (χ1n) is 11.7. The zero-order valence-electron chi connectivity index (χ0n) is 19.2. The number of pyridine rings is 1. The van der Waals surface area contributed by atoms with Gasteiger partial charge in [0.25, 0.3) is 0 Å². The number of fused-ring (bicyclic) bond motifs is 4. The topological polar surface area (TPSA) is 107 Å². The second-order valence-corrected chi connectivity index (χ2v) is 12.1. The molecule has 1 saturated heterocycles. The summed E-state index contributed by atoms with van der Waals surface area (Å²) in [5.74, 6) is 1.55. The summed E-state index contributed by atoms with van der Waals surface area (Å²) >= 11 is 6.36. The Morgan fingerprint density at radius 1 is 1.21 bits per heavy atom. The van der Waals surface area contributed by atoms with Crippen LogP contribution >= 0.6 is 11.6 Å². The molecule has 180 valence electrons. The summed E-state index contributed by atoms with van der Waals surface area (Å²) in [5, 5.41) is 1.51. The summed E-state index contributed by atoms with van der Waals surface area (Å²) in [4.78, 5) is 21.7. The van der Waals surface area contributed by atoms with Crippen molar-refractivity contribution in [1.82, 2.24) is 24.7 Å². The molecule has 34 heavy (non-hydrogen) atoms. The van der Waals surface area contributed by atoms with Gasteiger partial charge in [0, 0.05) is 55.3 Å². The Morgan fingerprint density at radius 3 is 2.71 bits per heavy atom. The van der Waals surface area contributed by atoms with Gasteiger partial charge in [-0.15, -0.1) is 0 Å². The van der Waals surface area contributed by atoms with Crippen molar-refractivity contribution in [2.75, 3.05) is 29.1 Å². The van der Waals surface area contributed by atoms with E-state index in [0.717, 1.165) is 66.1 Å². The van der Waals surface area contributed by atoms with Crippen molar-refractivity contribution in [3.63, 3.8) is 0 Å². The number of halogens is 1. The molecule has 0 spiro atoms. The predicted molar refractivity (Wildman–Crippen MR) is 133 cm³/mol. The van der Waals surface area contributed by atoms with Gasteiger partial charge in [-0.3, -0.25) is 0 Å². The predicted octanol–water partition coefficient (Wildman–Crippen LogP) is 2.72. The van der Waals surface area contributed by atoms with Crippen LogP contribution in [0.4, 0.5) is 11.5 Å².